The van der Waals surface area contributed by atoms with Crippen LogP contribution in [-0.4, -0.2) is 11.8 Å². The molecule has 2 N–H and O–H groups in total. The molecule has 0 aliphatic heterocycles. The first-order valence-corrected chi connectivity index (χ1v) is 9.04. The third-order valence-corrected chi connectivity index (χ3v) is 4.70. The van der Waals surface area contributed by atoms with E-state index in [9.17, 15) is 14.0 Å². The molecule has 0 atom stereocenters. The average molecular weight is 448 g/mol. The first-order valence-electron chi connectivity index (χ1n) is 7.87. The van der Waals surface area contributed by atoms with Crippen LogP contribution in [-0.2, 0) is 0 Å². The summed E-state index contributed by atoms with van der Waals surface area (Å²) in [5.41, 5.74) is 1.40. The van der Waals surface area contributed by atoms with Crippen molar-refractivity contribution in [2.24, 2.45) is 0 Å². The van der Waals surface area contributed by atoms with Crippen LogP contribution >= 0.6 is 27.5 Å². The van der Waals surface area contributed by atoms with Crippen molar-refractivity contribution in [3.63, 3.8) is 0 Å². The van der Waals surface area contributed by atoms with Crippen molar-refractivity contribution >= 4 is 50.7 Å². The van der Waals surface area contributed by atoms with Gasteiger partial charge in [-0.25, -0.2) is 4.39 Å². The van der Waals surface area contributed by atoms with E-state index in [1.807, 2.05) is 0 Å². The number of hydrogen-bond acceptors (Lipinski definition) is 2. The lowest BCUT2D eigenvalue weighted by Crippen LogP contribution is -2.18. The van der Waals surface area contributed by atoms with Gasteiger partial charge in [0.25, 0.3) is 11.8 Å². The summed E-state index contributed by atoms with van der Waals surface area (Å²) < 4.78 is 13.9. The minimum Gasteiger partial charge on any atom is -0.322 e. The second kappa shape index (κ2) is 8.33. The molecule has 0 aliphatic carbocycles. The molecule has 0 spiro atoms. The van der Waals surface area contributed by atoms with Crippen LogP contribution in [0, 0.1) is 5.82 Å². The van der Waals surface area contributed by atoms with E-state index in [1.165, 1.54) is 18.2 Å². The number of anilines is 2. The fraction of sp³-hybridized carbons (Fsp3) is 0. The van der Waals surface area contributed by atoms with Gasteiger partial charge < -0.3 is 10.6 Å². The van der Waals surface area contributed by atoms with E-state index in [4.69, 9.17) is 11.6 Å². The predicted molar refractivity (Wildman–Crippen MR) is 108 cm³/mol. The summed E-state index contributed by atoms with van der Waals surface area (Å²) in [7, 11) is 0. The zero-order chi connectivity index (χ0) is 19.4. The van der Waals surface area contributed by atoms with Crippen LogP contribution in [0.1, 0.15) is 20.7 Å². The van der Waals surface area contributed by atoms with Gasteiger partial charge in [-0.1, -0.05) is 35.9 Å². The minimum absolute atomic E-state index is 0.0942. The molecule has 0 fully saturated rings. The average Bonchev–Trinajstić information content (AvgIpc) is 2.65. The van der Waals surface area contributed by atoms with Gasteiger partial charge in [0, 0.05) is 10.2 Å². The van der Waals surface area contributed by atoms with Crippen molar-refractivity contribution in [3.8, 4) is 0 Å². The Morgan fingerprint density at radius 2 is 1.48 bits per heavy atom. The summed E-state index contributed by atoms with van der Waals surface area (Å²) >= 11 is 9.07. The molecule has 0 aliphatic rings. The highest BCUT2D eigenvalue weighted by Crippen LogP contribution is 2.23. The molecule has 27 heavy (non-hydrogen) atoms. The predicted octanol–water partition coefficient (Wildman–Crippen LogP) is 5.75. The van der Waals surface area contributed by atoms with Gasteiger partial charge in [0.1, 0.15) is 5.82 Å². The fourth-order valence-corrected chi connectivity index (χ4v) is 3.04. The number of rotatable bonds is 4. The summed E-state index contributed by atoms with van der Waals surface area (Å²) in [6.45, 7) is 0. The van der Waals surface area contributed by atoms with Crippen LogP contribution in [0.3, 0.4) is 0 Å². The first-order chi connectivity index (χ1) is 13.0. The summed E-state index contributed by atoms with van der Waals surface area (Å²) in [5, 5.41) is 5.29. The Bertz CT molecular complexity index is 1030. The summed E-state index contributed by atoms with van der Waals surface area (Å²) in [6, 6.07) is 17.5. The molecule has 7 heteroatoms. The normalized spacial score (nSPS) is 10.3. The number of carbonyl (C=O) groups excluding carboxylic acids is 2. The molecule has 0 heterocycles. The maximum atomic E-state index is 13.3. The smallest absolute Gasteiger partial charge is 0.257 e. The maximum absolute atomic E-state index is 13.3. The quantitative estimate of drug-likeness (QED) is 0.535. The lowest BCUT2D eigenvalue weighted by molar-refractivity contribution is 0.102. The molecule has 136 valence electrons. The number of para-hydroxylation sites is 1. The largest absolute Gasteiger partial charge is 0.322 e. The Morgan fingerprint density at radius 1 is 0.852 bits per heavy atom. The van der Waals surface area contributed by atoms with E-state index < -0.39 is 11.7 Å². The number of benzene rings is 3. The van der Waals surface area contributed by atoms with Gasteiger partial charge >= 0.3 is 0 Å². The van der Waals surface area contributed by atoms with Crippen molar-refractivity contribution in [1.29, 1.82) is 0 Å². The van der Waals surface area contributed by atoms with Gasteiger partial charge in [0.05, 0.1) is 21.8 Å². The van der Waals surface area contributed by atoms with Gasteiger partial charge in [0.15, 0.2) is 0 Å². The van der Waals surface area contributed by atoms with Gasteiger partial charge in [-0.2, -0.15) is 0 Å². The summed E-state index contributed by atoms with van der Waals surface area (Å²) in [5.74, 6) is -1.39. The van der Waals surface area contributed by atoms with Gasteiger partial charge in [-0.3, -0.25) is 9.59 Å². The van der Waals surface area contributed by atoms with Crippen LogP contribution in [0.25, 0.3) is 0 Å². The standard InChI is InChI=1S/C20H13BrClFN2O2/c21-15-7-3-1-5-13(15)19(26)25-18-8-4-2-6-14(18)20(27)24-12-9-10-17(23)16(22)11-12/h1-11H,(H,24,27)(H,25,26). The van der Waals surface area contributed by atoms with E-state index >= 15 is 0 Å². The van der Waals surface area contributed by atoms with E-state index in [2.05, 4.69) is 26.6 Å². The molecule has 0 saturated heterocycles. The first kappa shape index (κ1) is 19.1. The monoisotopic (exact) mass is 446 g/mol. The summed E-state index contributed by atoms with van der Waals surface area (Å²) in [6.07, 6.45) is 0. The number of amides is 2. The second-order valence-electron chi connectivity index (χ2n) is 5.56. The Kier molecular flexibility index (Phi) is 5.88. The topological polar surface area (TPSA) is 58.2 Å². The lowest BCUT2D eigenvalue weighted by atomic mass is 10.1. The summed E-state index contributed by atoms with van der Waals surface area (Å²) in [4.78, 5) is 25.1. The Labute approximate surface area is 168 Å². The van der Waals surface area contributed by atoms with Crippen molar-refractivity contribution in [1.82, 2.24) is 0 Å². The highest BCUT2D eigenvalue weighted by molar-refractivity contribution is 9.10. The Balaban J connectivity index is 1.83. The second-order valence-corrected chi connectivity index (χ2v) is 6.82. The fourth-order valence-electron chi connectivity index (χ4n) is 2.40. The van der Waals surface area contributed by atoms with Crippen molar-refractivity contribution in [2.75, 3.05) is 10.6 Å². The van der Waals surface area contributed by atoms with Crippen LogP contribution in [0.2, 0.25) is 5.02 Å². The van der Waals surface area contributed by atoms with Crippen LogP contribution < -0.4 is 10.6 Å². The highest BCUT2D eigenvalue weighted by Gasteiger charge is 2.16. The molecule has 0 saturated carbocycles. The van der Waals surface area contributed by atoms with E-state index in [0.717, 1.165) is 0 Å². The molecule has 2 amide bonds. The molecule has 0 radical (unpaired) electrons. The third kappa shape index (κ3) is 4.53. The molecular formula is C20H13BrClFN2O2. The Hall–Kier alpha value is -2.70. The van der Waals surface area contributed by atoms with Crippen LogP contribution in [0.15, 0.2) is 71.2 Å². The Morgan fingerprint density at radius 3 is 2.19 bits per heavy atom. The minimum atomic E-state index is -0.573. The number of hydrogen-bond donors (Lipinski definition) is 2. The van der Waals surface area contributed by atoms with Crippen molar-refractivity contribution in [3.05, 3.63) is 93.2 Å². The molecule has 0 aromatic heterocycles. The van der Waals surface area contributed by atoms with Crippen molar-refractivity contribution in [2.45, 2.75) is 0 Å². The highest BCUT2D eigenvalue weighted by atomic mass is 79.9. The van der Waals surface area contributed by atoms with Crippen molar-refractivity contribution < 1.29 is 14.0 Å². The SMILES string of the molecule is O=C(Nc1ccccc1C(=O)Nc1ccc(F)c(Cl)c1)c1ccccc1Br. The van der Waals surface area contributed by atoms with Gasteiger partial charge in [-0.05, 0) is 58.4 Å². The van der Waals surface area contributed by atoms with E-state index in [0.29, 0.717) is 21.4 Å². The zero-order valence-corrected chi connectivity index (χ0v) is 16.1. The molecular weight excluding hydrogens is 435 g/mol. The molecule has 4 nitrogen and oxygen atoms in total. The van der Waals surface area contributed by atoms with Gasteiger partial charge in [-0.15, -0.1) is 0 Å². The van der Waals surface area contributed by atoms with E-state index in [-0.39, 0.29) is 16.5 Å². The van der Waals surface area contributed by atoms with Crippen LogP contribution in [0.4, 0.5) is 15.8 Å². The molecule has 0 bridgehead atoms. The van der Waals surface area contributed by atoms with E-state index in [1.54, 1.807) is 48.5 Å². The van der Waals surface area contributed by atoms with Gasteiger partial charge in [0.2, 0.25) is 0 Å². The zero-order valence-electron chi connectivity index (χ0n) is 13.8. The molecule has 0 unspecified atom stereocenters. The molecule has 3 aromatic carbocycles. The lowest BCUT2D eigenvalue weighted by Gasteiger charge is -2.12. The van der Waals surface area contributed by atoms with Crippen LogP contribution in [0.5, 0.6) is 0 Å². The molecule has 3 aromatic rings. The third-order valence-electron chi connectivity index (χ3n) is 3.72. The number of halogens is 3. The maximum Gasteiger partial charge on any atom is 0.257 e. The number of carbonyl (C=O) groups is 2. The number of nitrogens with one attached hydrogen (secondary N) is 2. The molecule has 3 rings (SSSR count).